The molecule has 1 atom stereocenters. The molecule has 0 aliphatic heterocycles. The van der Waals surface area contributed by atoms with Crippen LogP contribution < -0.4 is 0 Å². The van der Waals surface area contributed by atoms with Crippen LogP contribution in [0.3, 0.4) is 0 Å². The van der Waals surface area contributed by atoms with Crippen LogP contribution in [0.25, 0.3) is 6.08 Å². The normalized spacial score (nSPS) is 17.4. The summed E-state index contributed by atoms with van der Waals surface area (Å²) < 4.78 is 0. The molecule has 0 radical (unpaired) electrons. The van der Waals surface area contributed by atoms with Gasteiger partial charge in [-0.3, -0.25) is 0 Å². The van der Waals surface area contributed by atoms with E-state index in [1.165, 1.54) is 22.3 Å². The first kappa shape index (κ1) is 9.41. The third-order valence-electron chi connectivity index (χ3n) is 3.20. The Balaban J connectivity index is 2.07. The summed E-state index contributed by atoms with van der Waals surface area (Å²) in [6.45, 7) is 2.14. The second kappa shape index (κ2) is 3.64. The van der Waals surface area contributed by atoms with E-state index in [2.05, 4.69) is 67.6 Å². The summed E-state index contributed by atoms with van der Waals surface area (Å²) >= 11 is 0. The van der Waals surface area contributed by atoms with Crippen molar-refractivity contribution in [1.82, 2.24) is 0 Å². The van der Waals surface area contributed by atoms with Gasteiger partial charge in [0.2, 0.25) is 0 Å². The fourth-order valence-electron chi connectivity index (χ4n) is 2.38. The summed E-state index contributed by atoms with van der Waals surface area (Å²) in [4.78, 5) is 0. The molecular formula is C16H14. The molecule has 1 aliphatic carbocycles. The van der Waals surface area contributed by atoms with Crippen molar-refractivity contribution < 1.29 is 0 Å². The molecule has 0 saturated carbocycles. The largest absolute Gasteiger partial charge is 0.0720 e. The zero-order chi connectivity index (χ0) is 11.0. The van der Waals surface area contributed by atoms with Crippen molar-refractivity contribution in [3.63, 3.8) is 0 Å². The number of hydrogen-bond donors (Lipinski definition) is 0. The molecule has 0 heteroatoms. The third kappa shape index (κ3) is 1.47. The lowest BCUT2D eigenvalue weighted by molar-refractivity contribution is 1.05. The predicted octanol–water partition coefficient (Wildman–Crippen LogP) is 4.15. The van der Waals surface area contributed by atoms with Crippen molar-refractivity contribution >= 4 is 6.08 Å². The van der Waals surface area contributed by atoms with Crippen LogP contribution in [0.5, 0.6) is 0 Å². The molecule has 0 amide bonds. The van der Waals surface area contributed by atoms with E-state index < -0.39 is 0 Å². The van der Waals surface area contributed by atoms with E-state index in [1.807, 2.05) is 0 Å². The lowest BCUT2D eigenvalue weighted by atomic mass is 9.92. The summed E-state index contributed by atoms with van der Waals surface area (Å²) in [6, 6.07) is 17.4. The first-order valence-electron chi connectivity index (χ1n) is 5.68. The van der Waals surface area contributed by atoms with Crippen LogP contribution in [-0.2, 0) is 0 Å². The second-order valence-corrected chi connectivity index (χ2v) is 4.38. The summed E-state index contributed by atoms with van der Waals surface area (Å²) in [5.41, 5.74) is 5.50. The molecule has 0 heterocycles. The molecule has 0 saturated heterocycles. The molecule has 1 unspecified atom stereocenters. The van der Waals surface area contributed by atoms with Gasteiger partial charge in [0.05, 0.1) is 0 Å². The Hall–Kier alpha value is -1.82. The Morgan fingerprint density at radius 3 is 2.56 bits per heavy atom. The lowest BCUT2D eigenvalue weighted by Gasteiger charge is -2.11. The summed E-state index contributed by atoms with van der Waals surface area (Å²) in [7, 11) is 0. The zero-order valence-electron chi connectivity index (χ0n) is 9.35. The van der Waals surface area contributed by atoms with Crippen molar-refractivity contribution in [2.24, 2.45) is 0 Å². The number of fused-ring (bicyclic) bond motifs is 1. The maximum atomic E-state index is 2.29. The van der Waals surface area contributed by atoms with E-state index in [9.17, 15) is 0 Å². The molecule has 1 aliphatic rings. The van der Waals surface area contributed by atoms with Gasteiger partial charge in [0.25, 0.3) is 0 Å². The maximum absolute atomic E-state index is 2.29. The SMILES string of the molecule is Cc1ccc2c(c1)C=CC2c1ccccc1. The predicted molar refractivity (Wildman–Crippen MR) is 68.5 cm³/mol. The Kier molecular flexibility index (Phi) is 2.14. The standard InChI is InChI=1S/C16H14/c1-12-7-9-16-14(11-12)8-10-15(16)13-5-3-2-4-6-13/h2-11,15H,1H3. The van der Waals surface area contributed by atoms with E-state index >= 15 is 0 Å². The molecule has 16 heavy (non-hydrogen) atoms. The van der Waals surface area contributed by atoms with Crippen molar-refractivity contribution in [2.75, 3.05) is 0 Å². The van der Waals surface area contributed by atoms with Gasteiger partial charge in [-0.1, -0.05) is 66.2 Å². The Bertz CT molecular complexity index is 535. The number of hydrogen-bond acceptors (Lipinski definition) is 0. The fraction of sp³-hybridized carbons (Fsp3) is 0.125. The maximum Gasteiger partial charge on any atom is 0.0278 e. The van der Waals surface area contributed by atoms with Crippen LogP contribution >= 0.6 is 0 Å². The van der Waals surface area contributed by atoms with Crippen LogP contribution in [0, 0.1) is 6.92 Å². The Morgan fingerprint density at radius 1 is 0.938 bits per heavy atom. The molecule has 0 fully saturated rings. The second-order valence-electron chi connectivity index (χ2n) is 4.38. The molecule has 0 N–H and O–H groups in total. The highest BCUT2D eigenvalue weighted by molar-refractivity contribution is 5.65. The quantitative estimate of drug-likeness (QED) is 0.657. The van der Waals surface area contributed by atoms with Gasteiger partial charge in [-0.15, -0.1) is 0 Å². The van der Waals surface area contributed by atoms with Crippen molar-refractivity contribution in [2.45, 2.75) is 12.8 Å². The van der Waals surface area contributed by atoms with Crippen LogP contribution in [0.2, 0.25) is 0 Å². The van der Waals surface area contributed by atoms with Crippen LogP contribution in [0.4, 0.5) is 0 Å². The number of allylic oxidation sites excluding steroid dienone is 1. The highest BCUT2D eigenvalue weighted by atomic mass is 14.2. The van der Waals surface area contributed by atoms with Gasteiger partial charge in [-0.25, -0.2) is 0 Å². The number of benzene rings is 2. The van der Waals surface area contributed by atoms with Gasteiger partial charge in [-0.05, 0) is 23.6 Å². The van der Waals surface area contributed by atoms with Crippen LogP contribution in [0.15, 0.2) is 54.6 Å². The average molecular weight is 206 g/mol. The Labute approximate surface area is 96.3 Å². The van der Waals surface area contributed by atoms with Gasteiger partial charge in [-0.2, -0.15) is 0 Å². The van der Waals surface area contributed by atoms with Gasteiger partial charge in [0.1, 0.15) is 0 Å². The zero-order valence-corrected chi connectivity index (χ0v) is 9.35. The first-order chi connectivity index (χ1) is 7.84. The first-order valence-corrected chi connectivity index (χ1v) is 5.68. The van der Waals surface area contributed by atoms with E-state index in [1.54, 1.807) is 0 Å². The number of rotatable bonds is 1. The third-order valence-corrected chi connectivity index (χ3v) is 3.20. The average Bonchev–Trinajstić information content (AvgIpc) is 2.73. The minimum Gasteiger partial charge on any atom is -0.0720 e. The molecule has 0 bridgehead atoms. The van der Waals surface area contributed by atoms with E-state index in [0.29, 0.717) is 5.92 Å². The van der Waals surface area contributed by atoms with E-state index in [4.69, 9.17) is 0 Å². The summed E-state index contributed by atoms with van der Waals surface area (Å²) in [6.07, 6.45) is 4.53. The van der Waals surface area contributed by atoms with Gasteiger partial charge >= 0.3 is 0 Å². The molecule has 0 aromatic heterocycles. The summed E-state index contributed by atoms with van der Waals surface area (Å²) in [5, 5.41) is 0. The molecule has 0 spiro atoms. The van der Waals surface area contributed by atoms with E-state index in [0.717, 1.165) is 0 Å². The topological polar surface area (TPSA) is 0 Å². The number of aryl methyl sites for hydroxylation is 1. The highest BCUT2D eigenvalue weighted by Crippen LogP contribution is 2.35. The lowest BCUT2D eigenvalue weighted by Crippen LogP contribution is -1.95. The van der Waals surface area contributed by atoms with Crippen LogP contribution in [-0.4, -0.2) is 0 Å². The fourth-order valence-corrected chi connectivity index (χ4v) is 2.38. The molecule has 78 valence electrons. The van der Waals surface area contributed by atoms with Gasteiger partial charge in [0.15, 0.2) is 0 Å². The molecule has 2 aromatic carbocycles. The summed E-state index contributed by atoms with van der Waals surface area (Å²) in [5.74, 6) is 0.441. The molecular weight excluding hydrogens is 192 g/mol. The van der Waals surface area contributed by atoms with Crippen molar-refractivity contribution in [1.29, 1.82) is 0 Å². The monoisotopic (exact) mass is 206 g/mol. The molecule has 0 nitrogen and oxygen atoms in total. The van der Waals surface area contributed by atoms with Gasteiger partial charge in [0, 0.05) is 5.92 Å². The van der Waals surface area contributed by atoms with Crippen LogP contribution in [0.1, 0.15) is 28.2 Å². The smallest absolute Gasteiger partial charge is 0.0278 e. The van der Waals surface area contributed by atoms with Gasteiger partial charge < -0.3 is 0 Å². The van der Waals surface area contributed by atoms with E-state index in [-0.39, 0.29) is 0 Å². The van der Waals surface area contributed by atoms with Crippen molar-refractivity contribution in [3.8, 4) is 0 Å². The van der Waals surface area contributed by atoms with Crippen molar-refractivity contribution in [3.05, 3.63) is 76.9 Å². The Morgan fingerprint density at radius 2 is 1.75 bits per heavy atom. The minimum absolute atomic E-state index is 0.441. The minimum atomic E-state index is 0.441. The highest BCUT2D eigenvalue weighted by Gasteiger charge is 2.18. The molecule has 2 aromatic rings. The molecule has 3 rings (SSSR count).